The van der Waals surface area contributed by atoms with Gasteiger partial charge in [0.1, 0.15) is 0 Å². The molecule has 1 aromatic carbocycles. The molecule has 2 aliphatic carbocycles. The SMILES string of the molecule is COC1(OC)CC2CC(Sc3ccc([N+](=O)[O-])cc3)=CC21. The minimum Gasteiger partial charge on any atom is -0.353 e. The molecule has 0 N–H and O–H groups in total. The van der Waals surface area contributed by atoms with Gasteiger partial charge in [-0.1, -0.05) is 17.8 Å². The van der Waals surface area contributed by atoms with Crippen molar-refractivity contribution in [2.45, 2.75) is 23.5 Å². The zero-order valence-electron chi connectivity index (χ0n) is 11.9. The van der Waals surface area contributed by atoms with Gasteiger partial charge in [-0.15, -0.1) is 0 Å². The number of hydrogen-bond acceptors (Lipinski definition) is 5. The topological polar surface area (TPSA) is 61.6 Å². The first-order chi connectivity index (χ1) is 10.1. The van der Waals surface area contributed by atoms with Crippen LogP contribution in [0.4, 0.5) is 5.69 Å². The molecule has 112 valence electrons. The van der Waals surface area contributed by atoms with Crippen molar-refractivity contribution in [2.75, 3.05) is 14.2 Å². The molecule has 21 heavy (non-hydrogen) atoms. The molecular formula is C15H17NO4S. The van der Waals surface area contributed by atoms with Gasteiger partial charge in [-0.05, 0) is 29.4 Å². The van der Waals surface area contributed by atoms with Gasteiger partial charge in [0.2, 0.25) is 0 Å². The standard InChI is InChI=1S/C15H17NO4S/c1-19-15(20-2)9-10-7-13(8-14(10)15)21-12-5-3-11(4-6-12)16(17)18/h3-6,8,10,14H,7,9H2,1-2H3. The Bertz CT molecular complexity index is 580. The zero-order valence-corrected chi connectivity index (χ0v) is 12.8. The lowest BCUT2D eigenvalue weighted by atomic mass is 9.70. The number of nitro groups is 1. The fourth-order valence-corrected chi connectivity index (χ4v) is 4.29. The van der Waals surface area contributed by atoms with Gasteiger partial charge in [0.15, 0.2) is 5.79 Å². The van der Waals surface area contributed by atoms with E-state index in [0.29, 0.717) is 11.8 Å². The van der Waals surface area contributed by atoms with Crippen LogP contribution in [0.2, 0.25) is 0 Å². The molecule has 3 rings (SSSR count). The Balaban J connectivity index is 1.69. The molecule has 0 amide bonds. The molecule has 2 aliphatic rings. The predicted molar refractivity (Wildman–Crippen MR) is 80.0 cm³/mol. The highest BCUT2D eigenvalue weighted by Crippen LogP contribution is 2.56. The molecule has 0 bridgehead atoms. The maximum Gasteiger partial charge on any atom is 0.269 e. The van der Waals surface area contributed by atoms with Crippen LogP contribution in [0.15, 0.2) is 40.1 Å². The molecule has 2 atom stereocenters. The van der Waals surface area contributed by atoms with Gasteiger partial charge in [-0.2, -0.15) is 0 Å². The normalized spacial score (nSPS) is 25.9. The van der Waals surface area contributed by atoms with Crippen LogP contribution in [0.3, 0.4) is 0 Å². The molecule has 0 aliphatic heterocycles. The number of rotatable bonds is 5. The third-order valence-electron chi connectivity index (χ3n) is 4.38. The molecule has 5 nitrogen and oxygen atoms in total. The fourth-order valence-electron chi connectivity index (χ4n) is 3.20. The molecule has 6 heteroatoms. The molecule has 0 spiro atoms. The fraction of sp³-hybridized carbons (Fsp3) is 0.467. The average molecular weight is 307 g/mol. The molecule has 0 aromatic heterocycles. The number of allylic oxidation sites excluding steroid dienone is 1. The molecule has 0 heterocycles. The van der Waals surface area contributed by atoms with Gasteiger partial charge in [0.05, 0.1) is 4.92 Å². The predicted octanol–water partition coefficient (Wildman–Crippen LogP) is 3.60. The van der Waals surface area contributed by atoms with E-state index < -0.39 is 5.79 Å². The van der Waals surface area contributed by atoms with Crippen molar-refractivity contribution in [3.63, 3.8) is 0 Å². The van der Waals surface area contributed by atoms with Gasteiger partial charge in [0.25, 0.3) is 5.69 Å². The van der Waals surface area contributed by atoms with Crippen LogP contribution in [0.1, 0.15) is 12.8 Å². The third-order valence-corrected chi connectivity index (χ3v) is 5.45. The van der Waals surface area contributed by atoms with E-state index in [2.05, 4.69) is 6.08 Å². The summed E-state index contributed by atoms with van der Waals surface area (Å²) in [7, 11) is 3.38. The molecule has 2 unspecified atom stereocenters. The second-order valence-corrected chi connectivity index (χ2v) is 6.60. The lowest BCUT2D eigenvalue weighted by Crippen LogP contribution is -2.54. The Morgan fingerprint density at radius 3 is 2.52 bits per heavy atom. The van der Waals surface area contributed by atoms with Crippen LogP contribution in [0.5, 0.6) is 0 Å². The number of benzene rings is 1. The first-order valence-corrected chi connectivity index (χ1v) is 7.63. The summed E-state index contributed by atoms with van der Waals surface area (Å²) in [6.45, 7) is 0. The zero-order chi connectivity index (χ0) is 15.0. The largest absolute Gasteiger partial charge is 0.353 e. The van der Waals surface area contributed by atoms with Crippen LogP contribution in [0, 0.1) is 22.0 Å². The number of fused-ring (bicyclic) bond motifs is 1. The minimum atomic E-state index is -0.456. The molecule has 0 radical (unpaired) electrons. The second-order valence-electron chi connectivity index (χ2n) is 5.40. The maximum atomic E-state index is 10.6. The Morgan fingerprint density at radius 2 is 1.95 bits per heavy atom. The van der Waals surface area contributed by atoms with Crippen LogP contribution in [-0.2, 0) is 9.47 Å². The van der Waals surface area contributed by atoms with E-state index in [1.54, 1.807) is 50.2 Å². The highest BCUT2D eigenvalue weighted by Gasteiger charge is 2.56. The number of methoxy groups -OCH3 is 2. The summed E-state index contributed by atoms with van der Waals surface area (Å²) in [4.78, 5) is 12.6. The van der Waals surface area contributed by atoms with Crippen LogP contribution in [0.25, 0.3) is 0 Å². The minimum absolute atomic E-state index is 0.123. The first-order valence-electron chi connectivity index (χ1n) is 6.81. The van der Waals surface area contributed by atoms with Crippen molar-refractivity contribution in [3.05, 3.63) is 45.4 Å². The summed E-state index contributed by atoms with van der Waals surface area (Å²) >= 11 is 1.67. The monoisotopic (exact) mass is 307 g/mol. The molecule has 0 saturated heterocycles. The van der Waals surface area contributed by atoms with Gasteiger partial charge < -0.3 is 9.47 Å². The lowest BCUT2D eigenvalue weighted by Gasteiger charge is -2.49. The number of ether oxygens (including phenoxy) is 2. The third kappa shape index (κ3) is 2.47. The van der Waals surface area contributed by atoms with Crippen LogP contribution in [-0.4, -0.2) is 24.9 Å². The average Bonchev–Trinajstić information content (AvgIpc) is 2.80. The van der Waals surface area contributed by atoms with E-state index in [1.165, 1.54) is 4.91 Å². The van der Waals surface area contributed by atoms with Crippen molar-refractivity contribution in [1.29, 1.82) is 0 Å². The van der Waals surface area contributed by atoms with Gasteiger partial charge >= 0.3 is 0 Å². The summed E-state index contributed by atoms with van der Waals surface area (Å²) in [5, 5.41) is 10.6. The van der Waals surface area contributed by atoms with Crippen LogP contribution >= 0.6 is 11.8 Å². The highest BCUT2D eigenvalue weighted by atomic mass is 32.2. The molecule has 1 aromatic rings. The van der Waals surface area contributed by atoms with E-state index >= 15 is 0 Å². The summed E-state index contributed by atoms with van der Waals surface area (Å²) < 4.78 is 11.1. The van der Waals surface area contributed by atoms with Crippen molar-refractivity contribution < 1.29 is 14.4 Å². The van der Waals surface area contributed by atoms with E-state index in [9.17, 15) is 10.1 Å². The van der Waals surface area contributed by atoms with Crippen LogP contribution < -0.4 is 0 Å². The van der Waals surface area contributed by atoms with E-state index in [4.69, 9.17) is 9.47 Å². The Morgan fingerprint density at radius 1 is 1.29 bits per heavy atom. The Kier molecular flexibility index (Phi) is 3.77. The first kappa shape index (κ1) is 14.6. The summed E-state index contributed by atoms with van der Waals surface area (Å²) in [6.07, 6.45) is 4.18. The summed E-state index contributed by atoms with van der Waals surface area (Å²) in [5.74, 6) is 0.445. The van der Waals surface area contributed by atoms with Crippen molar-refractivity contribution >= 4 is 17.4 Å². The van der Waals surface area contributed by atoms with Gasteiger partial charge in [-0.25, -0.2) is 0 Å². The van der Waals surface area contributed by atoms with Crippen molar-refractivity contribution in [2.24, 2.45) is 11.8 Å². The molecule has 1 fully saturated rings. The Hall–Kier alpha value is -1.37. The molecule has 1 saturated carbocycles. The second kappa shape index (κ2) is 5.44. The lowest BCUT2D eigenvalue weighted by molar-refractivity contribution is -0.384. The quantitative estimate of drug-likeness (QED) is 0.472. The molecular weight excluding hydrogens is 290 g/mol. The smallest absolute Gasteiger partial charge is 0.269 e. The van der Waals surface area contributed by atoms with Gasteiger partial charge in [0, 0.05) is 43.6 Å². The van der Waals surface area contributed by atoms with Crippen molar-refractivity contribution in [1.82, 2.24) is 0 Å². The van der Waals surface area contributed by atoms with E-state index in [0.717, 1.165) is 17.7 Å². The highest BCUT2D eigenvalue weighted by molar-refractivity contribution is 8.03. The number of hydrogen-bond donors (Lipinski definition) is 0. The summed E-state index contributed by atoms with van der Waals surface area (Å²) in [5.41, 5.74) is 0.123. The number of non-ortho nitro benzene ring substituents is 1. The van der Waals surface area contributed by atoms with Gasteiger partial charge in [-0.3, -0.25) is 10.1 Å². The van der Waals surface area contributed by atoms with E-state index in [-0.39, 0.29) is 10.6 Å². The summed E-state index contributed by atoms with van der Waals surface area (Å²) in [6, 6.07) is 6.68. The number of nitro benzene ring substituents is 1. The number of thioether (sulfide) groups is 1. The number of nitrogens with zero attached hydrogens (tertiary/aromatic N) is 1. The van der Waals surface area contributed by atoms with Crippen molar-refractivity contribution in [3.8, 4) is 0 Å². The van der Waals surface area contributed by atoms with E-state index in [1.807, 2.05) is 0 Å². The maximum absolute atomic E-state index is 10.6. The Labute approximate surface area is 127 Å².